The van der Waals surface area contributed by atoms with Gasteiger partial charge in [0.15, 0.2) is 0 Å². The summed E-state index contributed by atoms with van der Waals surface area (Å²) in [5.41, 5.74) is 3.42. The summed E-state index contributed by atoms with van der Waals surface area (Å²) in [6.07, 6.45) is 14.0. The van der Waals surface area contributed by atoms with Gasteiger partial charge in [0.05, 0.1) is 24.4 Å². The van der Waals surface area contributed by atoms with Crippen LogP contribution in [0.1, 0.15) is 16.8 Å². The second-order valence-corrected chi connectivity index (χ2v) is 6.42. The molecule has 0 spiro atoms. The molecule has 1 amide bonds. The Morgan fingerprint density at radius 2 is 2.11 bits per heavy atom. The maximum absolute atomic E-state index is 12.6. The van der Waals surface area contributed by atoms with Gasteiger partial charge in [0, 0.05) is 36.6 Å². The van der Waals surface area contributed by atoms with Crippen LogP contribution < -0.4 is 5.32 Å². The lowest BCUT2D eigenvalue weighted by Gasteiger charge is -2.16. The van der Waals surface area contributed by atoms with Crippen LogP contribution in [0.2, 0.25) is 0 Å². The molecular formula is C21H20N4O2. The number of aromatic nitrogens is 3. The van der Waals surface area contributed by atoms with Crippen LogP contribution in [-0.2, 0) is 4.74 Å². The first kappa shape index (κ1) is 17.0. The normalized spacial score (nSPS) is 16.2. The molecule has 0 saturated heterocycles. The van der Waals surface area contributed by atoms with Crippen molar-refractivity contribution in [1.82, 2.24) is 19.9 Å². The number of hydrogen-bond donors (Lipinski definition) is 1. The summed E-state index contributed by atoms with van der Waals surface area (Å²) in [4.78, 5) is 16.7. The summed E-state index contributed by atoms with van der Waals surface area (Å²) in [6.45, 7) is 0.558. The number of ether oxygens (including phenoxy) is 1. The van der Waals surface area contributed by atoms with Gasteiger partial charge in [0.25, 0.3) is 5.91 Å². The van der Waals surface area contributed by atoms with E-state index in [-0.39, 0.29) is 11.8 Å². The summed E-state index contributed by atoms with van der Waals surface area (Å²) >= 11 is 0. The number of allylic oxidation sites excluding steroid dienone is 2. The van der Waals surface area contributed by atoms with Gasteiger partial charge in [-0.15, -0.1) is 0 Å². The van der Waals surface area contributed by atoms with Gasteiger partial charge >= 0.3 is 0 Å². The van der Waals surface area contributed by atoms with Crippen LogP contribution in [0.4, 0.5) is 0 Å². The SMILES string of the molecule is COC1=CC(CNC(=O)c2cnn3cc(-c4ccncc4)ccc23)CC=C1. The van der Waals surface area contributed by atoms with Crippen molar-refractivity contribution in [3.8, 4) is 11.1 Å². The van der Waals surface area contributed by atoms with Crippen molar-refractivity contribution in [2.24, 2.45) is 5.92 Å². The number of hydrogen-bond acceptors (Lipinski definition) is 4. The molecule has 1 aliphatic rings. The van der Waals surface area contributed by atoms with Crippen molar-refractivity contribution < 1.29 is 9.53 Å². The standard InChI is InChI=1S/C21H20N4O2/c1-27-18-4-2-3-15(11-18)12-23-21(26)19-13-24-25-14-17(5-6-20(19)25)16-7-9-22-10-8-16/h2,4-11,13-15H,3,12H2,1H3,(H,23,26). The minimum atomic E-state index is -0.122. The molecule has 1 N–H and O–H groups in total. The maximum atomic E-state index is 12.6. The fourth-order valence-corrected chi connectivity index (χ4v) is 3.19. The van der Waals surface area contributed by atoms with Gasteiger partial charge in [-0.3, -0.25) is 9.78 Å². The van der Waals surface area contributed by atoms with E-state index in [1.807, 2.05) is 42.6 Å². The number of rotatable bonds is 5. The third-order valence-electron chi connectivity index (χ3n) is 4.66. The summed E-state index contributed by atoms with van der Waals surface area (Å²) < 4.78 is 6.98. The zero-order chi connectivity index (χ0) is 18.6. The Bertz CT molecular complexity index is 1020. The van der Waals surface area contributed by atoms with E-state index < -0.39 is 0 Å². The van der Waals surface area contributed by atoms with E-state index in [1.165, 1.54) is 0 Å². The molecule has 3 aromatic rings. The van der Waals surface area contributed by atoms with Gasteiger partial charge in [-0.1, -0.05) is 12.1 Å². The van der Waals surface area contributed by atoms with E-state index in [0.717, 1.165) is 28.8 Å². The summed E-state index contributed by atoms with van der Waals surface area (Å²) in [5, 5.41) is 7.35. The van der Waals surface area contributed by atoms with Gasteiger partial charge in [0.2, 0.25) is 0 Å². The zero-order valence-electron chi connectivity index (χ0n) is 15.0. The monoisotopic (exact) mass is 360 g/mol. The Hall–Kier alpha value is -3.41. The first-order valence-electron chi connectivity index (χ1n) is 8.83. The predicted molar refractivity (Wildman–Crippen MR) is 103 cm³/mol. The smallest absolute Gasteiger partial charge is 0.255 e. The third kappa shape index (κ3) is 3.60. The highest BCUT2D eigenvalue weighted by Crippen LogP contribution is 2.21. The minimum Gasteiger partial charge on any atom is -0.497 e. The van der Waals surface area contributed by atoms with E-state index in [4.69, 9.17) is 4.74 Å². The molecular weight excluding hydrogens is 340 g/mol. The average Bonchev–Trinajstić information content (AvgIpc) is 3.16. The molecule has 27 heavy (non-hydrogen) atoms. The largest absolute Gasteiger partial charge is 0.497 e. The predicted octanol–water partition coefficient (Wildman–Crippen LogP) is 3.23. The first-order valence-corrected chi connectivity index (χ1v) is 8.83. The highest BCUT2D eigenvalue weighted by Gasteiger charge is 2.16. The molecule has 4 rings (SSSR count). The fourth-order valence-electron chi connectivity index (χ4n) is 3.19. The number of carbonyl (C=O) groups excluding carboxylic acids is 1. The lowest BCUT2D eigenvalue weighted by molar-refractivity contribution is 0.0951. The van der Waals surface area contributed by atoms with Gasteiger partial charge in [-0.25, -0.2) is 4.52 Å². The molecule has 1 unspecified atom stereocenters. The zero-order valence-corrected chi connectivity index (χ0v) is 15.0. The second kappa shape index (κ2) is 7.45. The van der Waals surface area contributed by atoms with Crippen LogP contribution in [0, 0.1) is 5.92 Å². The highest BCUT2D eigenvalue weighted by atomic mass is 16.5. The Kier molecular flexibility index (Phi) is 4.70. The second-order valence-electron chi connectivity index (χ2n) is 6.42. The minimum absolute atomic E-state index is 0.122. The van der Waals surface area contributed by atoms with Crippen LogP contribution >= 0.6 is 0 Å². The van der Waals surface area contributed by atoms with E-state index in [9.17, 15) is 4.79 Å². The van der Waals surface area contributed by atoms with Gasteiger partial charge in [-0.2, -0.15) is 5.10 Å². The van der Waals surface area contributed by atoms with Gasteiger partial charge < -0.3 is 10.1 Å². The molecule has 0 bridgehead atoms. The van der Waals surface area contributed by atoms with Crippen molar-refractivity contribution in [3.05, 3.63) is 78.6 Å². The molecule has 1 atom stereocenters. The van der Waals surface area contributed by atoms with Crippen molar-refractivity contribution >= 4 is 11.4 Å². The quantitative estimate of drug-likeness (QED) is 0.758. The Labute approximate surface area is 157 Å². The van der Waals surface area contributed by atoms with Crippen LogP contribution in [0.25, 0.3) is 16.6 Å². The Balaban J connectivity index is 1.49. The molecule has 3 heterocycles. The Morgan fingerprint density at radius 3 is 2.93 bits per heavy atom. The number of pyridine rings is 2. The third-order valence-corrected chi connectivity index (χ3v) is 4.66. The number of carbonyl (C=O) groups is 1. The molecule has 0 aromatic carbocycles. The van der Waals surface area contributed by atoms with Crippen LogP contribution in [0.5, 0.6) is 0 Å². The molecule has 1 aliphatic carbocycles. The summed E-state index contributed by atoms with van der Waals surface area (Å²) in [7, 11) is 1.65. The number of amides is 1. The number of fused-ring (bicyclic) bond motifs is 1. The van der Waals surface area contributed by atoms with Gasteiger partial charge in [-0.05, 0) is 42.3 Å². The van der Waals surface area contributed by atoms with Crippen LogP contribution in [0.15, 0.2) is 73.0 Å². The van der Waals surface area contributed by atoms with E-state index >= 15 is 0 Å². The van der Waals surface area contributed by atoms with Crippen LogP contribution in [0.3, 0.4) is 0 Å². The molecule has 6 nitrogen and oxygen atoms in total. The number of methoxy groups -OCH3 is 1. The molecule has 0 aliphatic heterocycles. The molecule has 0 fully saturated rings. The van der Waals surface area contributed by atoms with Gasteiger partial charge in [0.1, 0.15) is 5.76 Å². The van der Waals surface area contributed by atoms with Crippen molar-refractivity contribution in [1.29, 1.82) is 0 Å². The molecule has 3 aromatic heterocycles. The number of nitrogens with zero attached hydrogens (tertiary/aromatic N) is 3. The fraction of sp³-hybridized carbons (Fsp3) is 0.190. The topological polar surface area (TPSA) is 68.5 Å². The average molecular weight is 360 g/mol. The number of nitrogens with one attached hydrogen (secondary N) is 1. The lowest BCUT2D eigenvalue weighted by atomic mass is 10.00. The molecule has 6 heteroatoms. The maximum Gasteiger partial charge on any atom is 0.255 e. The Morgan fingerprint density at radius 1 is 1.26 bits per heavy atom. The van der Waals surface area contributed by atoms with E-state index in [0.29, 0.717) is 12.1 Å². The van der Waals surface area contributed by atoms with Crippen molar-refractivity contribution in [2.45, 2.75) is 6.42 Å². The van der Waals surface area contributed by atoms with Crippen LogP contribution in [-0.4, -0.2) is 34.2 Å². The van der Waals surface area contributed by atoms with Crippen molar-refractivity contribution in [3.63, 3.8) is 0 Å². The molecule has 136 valence electrons. The highest BCUT2D eigenvalue weighted by molar-refractivity contribution is 6.00. The molecule has 0 saturated carbocycles. The summed E-state index contributed by atoms with van der Waals surface area (Å²) in [6, 6.07) is 7.80. The lowest BCUT2D eigenvalue weighted by Crippen LogP contribution is -2.29. The summed E-state index contributed by atoms with van der Waals surface area (Å²) in [5.74, 6) is 0.942. The van der Waals surface area contributed by atoms with E-state index in [2.05, 4.69) is 21.5 Å². The van der Waals surface area contributed by atoms with E-state index in [1.54, 1.807) is 30.2 Å². The van der Waals surface area contributed by atoms with Crippen molar-refractivity contribution in [2.75, 3.05) is 13.7 Å². The molecule has 0 radical (unpaired) electrons. The first-order chi connectivity index (χ1) is 13.2.